The highest BCUT2D eigenvalue weighted by molar-refractivity contribution is 14.0. The second-order valence-electron chi connectivity index (χ2n) is 8.65. The number of guanidine groups is 1. The van der Waals surface area contributed by atoms with Crippen LogP contribution in [0.2, 0.25) is 0 Å². The molecule has 2 aromatic rings. The van der Waals surface area contributed by atoms with Gasteiger partial charge in [0.05, 0.1) is 18.3 Å². The average molecular weight is 553 g/mol. The van der Waals surface area contributed by atoms with Gasteiger partial charge in [0.25, 0.3) is 0 Å². The van der Waals surface area contributed by atoms with E-state index in [-0.39, 0.29) is 30.0 Å². The maximum atomic E-state index is 12.4. The van der Waals surface area contributed by atoms with E-state index >= 15 is 0 Å². The smallest absolute Gasteiger partial charge is 0.408 e. The molecule has 1 atom stereocenters. The number of hydrogen-bond donors (Lipinski definition) is 3. The molecule has 1 amide bonds. The van der Waals surface area contributed by atoms with E-state index in [0.717, 1.165) is 11.3 Å². The third kappa shape index (κ3) is 9.84. The van der Waals surface area contributed by atoms with Crippen LogP contribution in [0.25, 0.3) is 0 Å². The number of alkyl carbamates (subject to hydrolysis) is 1. The Balaban J connectivity index is 0.00000512. The van der Waals surface area contributed by atoms with Gasteiger partial charge in [-0.2, -0.15) is 0 Å². The van der Waals surface area contributed by atoms with E-state index in [1.807, 2.05) is 51.1 Å². The summed E-state index contributed by atoms with van der Waals surface area (Å²) in [4.78, 5) is 21.0. The standard InChI is InChI=1S/C24H35N5O2.HI/c1-17(2)18-10-12-19(13-11-18)21(29-23(30)31-24(3,4)5)16-28-22(25-6)27-15-20-9-7-8-14-26-20;/h7-14,17,21H,15-16H2,1-6H3,(H,29,30)(H2,25,27,28);1H. The molecule has 8 heteroatoms. The number of pyridine rings is 1. The highest BCUT2D eigenvalue weighted by atomic mass is 127. The molecule has 0 aliphatic carbocycles. The molecule has 32 heavy (non-hydrogen) atoms. The fourth-order valence-electron chi connectivity index (χ4n) is 2.91. The summed E-state index contributed by atoms with van der Waals surface area (Å²) in [7, 11) is 1.71. The van der Waals surface area contributed by atoms with Crippen molar-refractivity contribution in [2.24, 2.45) is 4.99 Å². The van der Waals surface area contributed by atoms with Crippen LogP contribution in [0.15, 0.2) is 53.7 Å². The summed E-state index contributed by atoms with van der Waals surface area (Å²) in [6.45, 7) is 10.9. The average Bonchev–Trinajstić information content (AvgIpc) is 2.72. The number of rotatable bonds is 7. The Morgan fingerprint density at radius 1 is 1.06 bits per heavy atom. The Hall–Kier alpha value is -2.36. The van der Waals surface area contributed by atoms with E-state index in [0.29, 0.717) is 25.0 Å². The van der Waals surface area contributed by atoms with Crippen LogP contribution < -0.4 is 16.0 Å². The first-order valence-corrected chi connectivity index (χ1v) is 10.6. The van der Waals surface area contributed by atoms with E-state index in [9.17, 15) is 4.79 Å². The largest absolute Gasteiger partial charge is 0.444 e. The molecule has 7 nitrogen and oxygen atoms in total. The quantitative estimate of drug-likeness (QED) is 0.262. The topological polar surface area (TPSA) is 87.6 Å². The lowest BCUT2D eigenvalue weighted by Crippen LogP contribution is -2.44. The molecule has 2 rings (SSSR count). The van der Waals surface area contributed by atoms with Crippen LogP contribution >= 0.6 is 24.0 Å². The molecule has 0 aliphatic heterocycles. The first kappa shape index (κ1) is 27.7. The van der Waals surface area contributed by atoms with Gasteiger partial charge in [-0.1, -0.05) is 44.2 Å². The van der Waals surface area contributed by atoms with Crippen molar-refractivity contribution in [2.75, 3.05) is 13.6 Å². The van der Waals surface area contributed by atoms with Gasteiger partial charge >= 0.3 is 6.09 Å². The van der Waals surface area contributed by atoms with E-state index in [1.54, 1.807) is 13.2 Å². The van der Waals surface area contributed by atoms with Crippen molar-refractivity contribution in [3.05, 3.63) is 65.5 Å². The number of aromatic nitrogens is 1. The van der Waals surface area contributed by atoms with Gasteiger partial charge in [0.2, 0.25) is 0 Å². The van der Waals surface area contributed by atoms with Crippen LogP contribution in [-0.2, 0) is 11.3 Å². The van der Waals surface area contributed by atoms with Crippen molar-refractivity contribution < 1.29 is 9.53 Å². The molecule has 1 aromatic heterocycles. The predicted octanol–water partition coefficient (Wildman–Crippen LogP) is 4.75. The van der Waals surface area contributed by atoms with Crippen LogP contribution in [0.5, 0.6) is 0 Å². The van der Waals surface area contributed by atoms with Crippen molar-refractivity contribution >= 4 is 36.0 Å². The maximum absolute atomic E-state index is 12.4. The molecule has 176 valence electrons. The predicted molar refractivity (Wildman–Crippen MR) is 140 cm³/mol. The van der Waals surface area contributed by atoms with Gasteiger partial charge in [0.15, 0.2) is 5.96 Å². The van der Waals surface area contributed by atoms with Gasteiger partial charge in [0, 0.05) is 19.8 Å². The number of carbonyl (C=O) groups excluding carboxylic acids is 1. The fraction of sp³-hybridized carbons (Fsp3) is 0.458. The second kappa shape index (κ2) is 13.2. The third-order valence-electron chi connectivity index (χ3n) is 4.56. The molecule has 0 radical (unpaired) electrons. The van der Waals surface area contributed by atoms with Gasteiger partial charge in [-0.3, -0.25) is 9.98 Å². The maximum Gasteiger partial charge on any atom is 0.408 e. The minimum Gasteiger partial charge on any atom is -0.444 e. The van der Waals surface area contributed by atoms with Gasteiger partial charge < -0.3 is 20.7 Å². The van der Waals surface area contributed by atoms with Gasteiger partial charge in [-0.05, 0) is 49.9 Å². The van der Waals surface area contributed by atoms with Crippen LogP contribution in [-0.4, -0.2) is 36.2 Å². The van der Waals surface area contributed by atoms with Crippen LogP contribution in [0.1, 0.15) is 63.4 Å². The van der Waals surface area contributed by atoms with Crippen LogP contribution in [0.3, 0.4) is 0 Å². The number of halogens is 1. The van der Waals surface area contributed by atoms with E-state index in [2.05, 4.69) is 51.9 Å². The summed E-state index contributed by atoms with van der Waals surface area (Å²) in [5, 5.41) is 9.50. The van der Waals surface area contributed by atoms with E-state index in [4.69, 9.17) is 4.74 Å². The lowest BCUT2D eigenvalue weighted by Gasteiger charge is -2.25. The highest BCUT2D eigenvalue weighted by Crippen LogP contribution is 2.19. The van der Waals surface area contributed by atoms with E-state index in [1.165, 1.54) is 5.56 Å². The molecule has 0 saturated heterocycles. The number of carbonyl (C=O) groups is 1. The lowest BCUT2D eigenvalue weighted by molar-refractivity contribution is 0.0504. The number of aliphatic imine (C=N–C) groups is 1. The monoisotopic (exact) mass is 553 g/mol. The minimum atomic E-state index is -0.566. The molecule has 0 aliphatic rings. The number of nitrogens with zero attached hydrogens (tertiary/aromatic N) is 2. The van der Waals surface area contributed by atoms with Gasteiger partial charge in [-0.15, -0.1) is 24.0 Å². The van der Waals surface area contributed by atoms with Gasteiger partial charge in [0.1, 0.15) is 5.60 Å². The zero-order valence-electron chi connectivity index (χ0n) is 19.8. The number of nitrogens with one attached hydrogen (secondary N) is 3. The Kier molecular flexibility index (Phi) is 11.5. The zero-order valence-corrected chi connectivity index (χ0v) is 22.1. The molecule has 3 N–H and O–H groups in total. The first-order chi connectivity index (χ1) is 14.7. The molecule has 1 aromatic carbocycles. The number of amides is 1. The normalized spacial score (nSPS) is 12.5. The summed E-state index contributed by atoms with van der Waals surface area (Å²) in [6.07, 6.45) is 1.30. The Bertz CT molecular complexity index is 849. The summed E-state index contributed by atoms with van der Waals surface area (Å²) in [6, 6.07) is 13.8. The molecule has 0 fully saturated rings. The fourth-order valence-corrected chi connectivity index (χ4v) is 2.91. The van der Waals surface area contributed by atoms with Crippen LogP contribution in [0.4, 0.5) is 4.79 Å². The Morgan fingerprint density at radius 3 is 2.25 bits per heavy atom. The minimum absolute atomic E-state index is 0. The number of hydrogen-bond acceptors (Lipinski definition) is 4. The molecule has 1 heterocycles. The molecular formula is C24H36IN5O2. The van der Waals surface area contributed by atoms with E-state index < -0.39 is 11.7 Å². The first-order valence-electron chi connectivity index (χ1n) is 10.6. The molecular weight excluding hydrogens is 517 g/mol. The molecule has 1 unspecified atom stereocenters. The lowest BCUT2D eigenvalue weighted by atomic mass is 9.99. The third-order valence-corrected chi connectivity index (χ3v) is 4.56. The Labute approximate surface area is 208 Å². The van der Waals surface area contributed by atoms with Crippen molar-refractivity contribution in [1.29, 1.82) is 0 Å². The number of ether oxygens (including phenoxy) is 1. The van der Waals surface area contributed by atoms with Crippen molar-refractivity contribution in [2.45, 2.75) is 58.7 Å². The highest BCUT2D eigenvalue weighted by Gasteiger charge is 2.21. The summed E-state index contributed by atoms with van der Waals surface area (Å²) in [5.74, 6) is 1.07. The van der Waals surface area contributed by atoms with Gasteiger partial charge in [-0.25, -0.2) is 4.79 Å². The van der Waals surface area contributed by atoms with Crippen molar-refractivity contribution in [1.82, 2.24) is 20.9 Å². The molecule has 0 saturated carbocycles. The summed E-state index contributed by atoms with van der Waals surface area (Å²) in [5.41, 5.74) is 2.59. The number of benzene rings is 1. The summed E-state index contributed by atoms with van der Waals surface area (Å²) < 4.78 is 5.46. The van der Waals surface area contributed by atoms with Crippen LogP contribution in [0, 0.1) is 0 Å². The van der Waals surface area contributed by atoms with Crippen molar-refractivity contribution in [3.63, 3.8) is 0 Å². The molecule has 0 bridgehead atoms. The SMILES string of the molecule is CN=C(NCc1ccccn1)NCC(NC(=O)OC(C)(C)C)c1ccc(C(C)C)cc1.I. The summed E-state index contributed by atoms with van der Waals surface area (Å²) >= 11 is 0. The second-order valence-corrected chi connectivity index (χ2v) is 8.65. The Morgan fingerprint density at radius 2 is 1.72 bits per heavy atom. The van der Waals surface area contributed by atoms with Crippen molar-refractivity contribution in [3.8, 4) is 0 Å². The molecule has 0 spiro atoms. The zero-order chi connectivity index (χ0) is 22.9.